The van der Waals surface area contributed by atoms with Crippen LogP contribution in [0.5, 0.6) is 0 Å². The zero-order valence-electron chi connectivity index (χ0n) is 22.0. The number of esters is 1. The van der Waals surface area contributed by atoms with E-state index in [9.17, 15) is 13.6 Å². The number of benzene rings is 3. The van der Waals surface area contributed by atoms with Crippen LogP contribution in [0, 0.1) is 11.6 Å². The van der Waals surface area contributed by atoms with Gasteiger partial charge in [-0.25, -0.2) is 18.7 Å². The van der Waals surface area contributed by atoms with Gasteiger partial charge in [-0.3, -0.25) is 10.3 Å². The van der Waals surface area contributed by atoms with Crippen LogP contribution < -0.4 is 32.1 Å². The maximum Gasteiger partial charge on any atom is 0.338 e. The minimum Gasteiger partial charge on any atom is -0.448 e. The predicted molar refractivity (Wildman–Crippen MR) is 151 cm³/mol. The lowest BCUT2D eigenvalue weighted by Gasteiger charge is -2.32. The number of nitrogens with zero attached hydrogens (tertiary/aromatic N) is 2. The van der Waals surface area contributed by atoms with Crippen molar-refractivity contribution in [2.45, 2.75) is 50.0 Å². The monoisotopic (exact) mass is 556 g/mol. The number of hydrogen-bond donors (Lipinski definition) is 4. The van der Waals surface area contributed by atoms with Gasteiger partial charge in [-0.15, -0.1) is 5.53 Å². The number of nitrogens with one attached hydrogen (secondary N) is 3. The van der Waals surface area contributed by atoms with Gasteiger partial charge in [-0.2, -0.15) is 5.43 Å². The summed E-state index contributed by atoms with van der Waals surface area (Å²) in [4.78, 5) is 11.9. The second-order valence-electron chi connectivity index (χ2n) is 9.18. The Morgan fingerprint density at radius 3 is 2.44 bits per heavy atom. The highest BCUT2D eigenvalue weighted by Gasteiger charge is 2.43. The van der Waals surface area contributed by atoms with Crippen molar-refractivity contribution in [2.75, 3.05) is 16.9 Å². The number of thioether (sulfide) groups is 1. The van der Waals surface area contributed by atoms with E-state index in [1.807, 2.05) is 49.4 Å². The highest BCUT2D eigenvalue weighted by Crippen LogP contribution is 2.35. The van der Waals surface area contributed by atoms with Gasteiger partial charge in [0, 0.05) is 24.7 Å². The van der Waals surface area contributed by atoms with Crippen molar-refractivity contribution in [3.05, 3.63) is 95.6 Å². The molecule has 1 unspecified atom stereocenters. The van der Waals surface area contributed by atoms with Crippen LogP contribution in [-0.4, -0.2) is 23.1 Å². The molecule has 0 amide bonds. The van der Waals surface area contributed by atoms with Gasteiger partial charge in [0.15, 0.2) is 10.4 Å². The Hall–Kier alpha value is -3.22. The second kappa shape index (κ2) is 13.2. The van der Waals surface area contributed by atoms with Crippen LogP contribution >= 0.6 is 11.8 Å². The first-order valence-corrected chi connectivity index (χ1v) is 13.7. The van der Waals surface area contributed by atoms with Crippen LogP contribution in [0.1, 0.15) is 37.8 Å². The molecule has 4 rings (SSSR count). The van der Waals surface area contributed by atoms with Crippen molar-refractivity contribution in [3.8, 4) is 0 Å². The van der Waals surface area contributed by atoms with Crippen LogP contribution in [0.15, 0.2) is 72.8 Å². The fourth-order valence-electron chi connectivity index (χ4n) is 4.19. The molecule has 0 aromatic heterocycles. The average Bonchev–Trinajstić information content (AvgIpc) is 3.34. The van der Waals surface area contributed by atoms with Crippen molar-refractivity contribution in [1.29, 1.82) is 0 Å². The topological polar surface area (TPSA) is 94.9 Å². The van der Waals surface area contributed by atoms with E-state index in [1.165, 1.54) is 22.8 Å². The Bertz CT molecular complexity index is 1230. The molecule has 1 heterocycles. The van der Waals surface area contributed by atoms with Crippen LogP contribution in [0.3, 0.4) is 0 Å². The van der Waals surface area contributed by atoms with Gasteiger partial charge < -0.3 is 10.5 Å². The van der Waals surface area contributed by atoms with E-state index in [0.29, 0.717) is 19.4 Å². The number of nitrogens with two attached hydrogens (primary N) is 1. The third-order valence-corrected chi connectivity index (χ3v) is 7.48. The molecule has 1 fully saturated rings. The lowest BCUT2D eigenvalue weighted by atomic mass is 10.1. The van der Waals surface area contributed by atoms with E-state index < -0.39 is 28.0 Å². The summed E-state index contributed by atoms with van der Waals surface area (Å²) in [5.74, 6) is -1.99. The molecule has 1 aliphatic heterocycles. The number of para-hydroxylation sites is 1. The Morgan fingerprint density at radius 1 is 1.03 bits per heavy atom. The molecule has 1 aliphatic rings. The Labute approximate surface area is 231 Å². The lowest BCUT2D eigenvalue weighted by molar-refractivity contribution is -0.147. The summed E-state index contributed by atoms with van der Waals surface area (Å²) in [6, 6.07) is 20.7. The maximum atomic E-state index is 13.9. The number of anilines is 2. The van der Waals surface area contributed by atoms with E-state index in [2.05, 4.69) is 35.3 Å². The summed E-state index contributed by atoms with van der Waals surface area (Å²) in [6.45, 7) is 4.59. The van der Waals surface area contributed by atoms with Crippen LogP contribution in [0.25, 0.3) is 0 Å². The highest BCUT2D eigenvalue weighted by molar-refractivity contribution is 8.02. The molecular formula is C28H34F2N6O2S. The molecule has 11 heteroatoms. The second-order valence-corrected chi connectivity index (χ2v) is 10.6. The molecule has 5 N–H and O–H groups in total. The quantitative estimate of drug-likeness (QED) is 0.146. The van der Waals surface area contributed by atoms with Crippen LogP contribution in [0.2, 0.25) is 0 Å². The molecular weight excluding hydrogens is 522 g/mol. The molecule has 3 aromatic carbocycles. The molecule has 208 valence electrons. The molecule has 0 spiro atoms. The van der Waals surface area contributed by atoms with E-state index >= 15 is 0 Å². The normalized spacial score (nSPS) is 16.8. The van der Waals surface area contributed by atoms with Gasteiger partial charge in [0.1, 0.15) is 18.4 Å². The van der Waals surface area contributed by atoms with Crippen molar-refractivity contribution in [2.24, 2.45) is 5.73 Å². The first-order chi connectivity index (χ1) is 18.8. The first kappa shape index (κ1) is 28.8. The van der Waals surface area contributed by atoms with Crippen molar-refractivity contribution in [1.82, 2.24) is 16.3 Å². The van der Waals surface area contributed by atoms with Crippen molar-refractivity contribution >= 4 is 29.1 Å². The molecule has 8 nitrogen and oxygen atoms in total. The molecule has 0 aliphatic carbocycles. The van der Waals surface area contributed by atoms with Gasteiger partial charge in [-0.05, 0) is 36.1 Å². The molecule has 39 heavy (non-hydrogen) atoms. The van der Waals surface area contributed by atoms with Gasteiger partial charge in [0.2, 0.25) is 0 Å². The first-order valence-electron chi connectivity index (χ1n) is 12.9. The number of aryl methyl sites for hydroxylation is 1. The molecule has 0 radical (unpaired) electrons. The zero-order valence-corrected chi connectivity index (χ0v) is 22.8. The smallest absolute Gasteiger partial charge is 0.338 e. The van der Waals surface area contributed by atoms with Crippen molar-refractivity contribution in [3.63, 3.8) is 0 Å². The van der Waals surface area contributed by atoms with Gasteiger partial charge >= 0.3 is 5.97 Å². The Balaban J connectivity index is 1.46. The highest BCUT2D eigenvalue weighted by atomic mass is 32.2. The summed E-state index contributed by atoms with van der Waals surface area (Å²) in [5.41, 5.74) is 15.6. The number of hydrogen-bond acceptors (Lipinski definition) is 9. The fourth-order valence-corrected chi connectivity index (χ4v) is 5.50. The predicted octanol–water partition coefficient (Wildman–Crippen LogP) is 4.54. The lowest BCUT2D eigenvalue weighted by Crippen LogP contribution is -2.51. The summed E-state index contributed by atoms with van der Waals surface area (Å²) in [5, 5.41) is 6.26. The van der Waals surface area contributed by atoms with Crippen LogP contribution in [0.4, 0.5) is 20.2 Å². The van der Waals surface area contributed by atoms with E-state index in [-0.39, 0.29) is 12.4 Å². The third kappa shape index (κ3) is 7.46. The number of ether oxygens (including phenoxy) is 1. The largest absolute Gasteiger partial charge is 0.448 e. The number of carbonyl (C=O) groups is 1. The number of halogens is 2. The van der Waals surface area contributed by atoms with Gasteiger partial charge in [0.25, 0.3) is 0 Å². The third-order valence-electron chi connectivity index (χ3n) is 6.14. The zero-order chi connectivity index (χ0) is 27.8. The van der Waals surface area contributed by atoms with Crippen molar-refractivity contribution < 1.29 is 18.3 Å². The maximum absolute atomic E-state index is 13.9. The summed E-state index contributed by atoms with van der Waals surface area (Å²) < 4.78 is 33.4. The molecule has 0 bridgehead atoms. The summed E-state index contributed by atoms with van der Waals surface area (Å²) >= 11 is 1.16. The minimum absolute atomic E-state index is 0.00580. The van der Waals surface area contributed by atoms with E-state index in [1.54, 1.807) is 5.01 Å². The van der Waals surface area contributed by atoms with Gasteiger partial charge in [-0.1, -0.05) is 74.5 Å². The summed E-state index contributed by atoms with van der Waals surface area (Å²) in [6.07, 6.45) is 1.94. The van der Waals surface area contributed by atoms with E-state index in [4.69, 9.17) is 10.5 Å². The minimum atomic E-state index is -1.39. The van der Waals surface area contributed by atoms with Crippen LogP contribution in [-0.2, 0) is 22.5 Å². The average molecular weight is 557 g/mol. The van der Waals surface area contributed by atoms with Gasteiger partial charge in [0.05, 0.1) is 11.4 Å². The molecule has 3 aromatic rings. The van der Waals surface area contributed by atoms with E-state index in [0.717, 1.165) is 35.5 Å². The Morgan fingerprint density at radius 2 is 1.74 bits per heavy atom. The SMILES string of the molecule is CCC[C@](N)(SC1NN(c2cc(F)cc(F)c2)NN1c1ccccc1)C(=O)OCNCc1cccc(CC)c1. The molecule has 1 saturated heterocycles. The Kier molecular flexibility index (Phi) is 9.76. The number of hydrazine groups is 3. The number of rotatable bonds is 12. The fraction of sp³-hybridized carbons (Fsp3) is 0.321. The standard InChI is InChI=1S/C28H34F2N6O2S/c1-3-13-28(31,26(37)38-19-32-18-21-10-8-9-20(4-2)14-21)39-27-33-36(25-16-22(29)15-23(30)17-25)34-35(27)24-11-6-5-7-12-24/h5-12,14-17,27,32-34H,3-4,13,18-19,31H2,1-2H3/t27?,28-/m0/s1. The molecule has 0 saturated carbocycles. The number of carbonyl (C=O) groups excluding carboxylic acids is 1. The molecule has 2 atom stereocenters. The summed E-state index contributed by atoms with van der Waals surface area (Å²) in [7, 11) is 0.